The number of sulfonamides is 1. The largest absolute Gasteiger partial charge is 0.455 e. The second-order valence-corrected chi connectivity index (χ2v) is 8.63. The molecule has 7 heteroatoms. The third kappa shape index (κ3) is 4.81. The minimum Gasteiger partial charge on any atom is -0.455 e. The smallest absolute Gasteiger partial charge is 0.287 e. The van der Waals surface area contributed by atoms with Crippen LogP contribution in [0.15, 0.2) is 16.5 Å². The highest BCUT2D eigenvalue weighted by Crippen LogP contribution is 2.43. The summed E-state index contributed by atoms with van der Waals surface area (Å²) in [7, 11) is -3.27. The summed E-state index contributed by atoms with van der Waals surface area (Å²) < 4.78 is 29.9. The van der Waals surface area contributed by atoms with Crippen LogP contribution in [0.1, 0.15) is 54.8 Å². The van der Waals surface area contributed by atoms with Crippen LogP contribution >= 0.6 is 0 Å². The Morgan fingerprint density at radius 1 is 1.22 bits per heavy atom. The Morgan fingerprint density at radius 2 is 2.00 bits per heavy atom. The van der Waals surface area contributed by atoms with Crippen molar-refractivity contribution in [3.8, 4) is 0 Å². The molecule has 2 saturated carbocycles. The van der Waals surface area contributed by atoms with Gasteiger partial charge in [0.1, 0.15) is 5.76 Å². The van der Waals surface area contributed by atoms with E-state index in [1.54, 1.807) is 12.1 Å². The summed E-state index contributed by atoms with van der Waals surface area (Å²) >= 11 is 0. The average Bonchev–Trinajstić information content (AvgIpc) is 3.23. The first-order chi connectivity index (χ1) is 10.9. The van der Waals surface area contributed by atoms with Crippen molar-refractivity contribution in [3.05, 3.63) is 23.7 Å². The zero-order valence-electron chi connectivity index (χ0n) is 13.4. The Morgan fingerprint density at radius 3 is 2.70 bits per heavy atom. The van der Waals surface area contributed by atoms with Crippen LogP contribution in [0.2, 0.25) is 0 Å². The quantitative estimate of drug-likeness (QED) is 0.829. The predicted molar refractivity (Wildman–Crippen MR) is 86.3 cm³/mol. The highest BCUT2D eigenvalue weighted by Gasteiger charge is 2.35. The van der Waals surface area contributed by atoms with Crippen molar-refractivity contribution in [3.63, 3.8) is 0 Å². The van der Waals surface area contributed by atoms with Gasteiger partial charge in [-0.15, -0.1) is 0 Å². The van der Waals surface area contributed by atoms with Crippen molar-refractivity contribution in [2.24, 2.45) is 11.8 Å². The molecule has 0 radical (unpaired) electrons. The van der Waals surface area contributed by atoms with Gasteiger partial charge in [-0.2, -0.15) is 0 Å². The van der Waals surface area contributed by atoms with E-state index in [4.69, 9.17) is 4.42 Å². The van der Waals surface area contributed by atoms with Gasteiger partial charge in [-0.3, -0.25) is 4.79 Å². The van der Waals surface area contributed by atoms with Crippen molar-refractivity contribution in [2.45, 2.75) is 51.1 Å². The maximum atomic E-state index is 12.3. The molecule has 0 aromatic carbocycles. The van der Waals surface area contributed by atoms with Gasteiger partial charge in [0.2, 0.25) is 10.0 Å². The lowest BCUT2D eigenvalue weighted by atomic mass is 9.82. The van der Waals surface area contributed by atoms with E-state index >= 15 is 0 Å². The van der Waals surface area contributed by atoms with Crippen molar-refractivity contribution in [1.82, 2.24) is 10.0 Å². The highest BCUT2D eigenvalue weighted by atomic mass is 32.2. The molecule has 1 aromatic heterocycles. The summed E-state index contributed by atoms with van der Waals surface area (Å²) in [6.45, 7) is 0.0549. The standard InChI is InChI=1S/C16H24N2O4S/c1-23(20,21)17-10-14-7-8-15(22-14)16(19)18-13-4-2-3-12(9-13)11-5-6-11/h7-8,11-13,17H,2-6,9-10H2,1H3,(H,18,19)/t12-,13+/m0/s1. The Bertz CT molecular complexity index is 663. The number of hydrogen-bond acceptors (Lipinski definition) is 4. The van der Waals surface area contributed by atoms with Crippen molar-refractivity contribution < 1.29 is 17.6 Å². The highest BCUT2D eigenvalue weighted by molar-refractivity contribution is 7.88. The Labute approximate surface area is 137 Å². The van der Waals surface area contributed by atoms with Gasteiger partial charge < -0.3 is 9.73 Å². The monoisotopic (exact) mass is 340 g/mol. The second-order valence-electron chi connectivity index (χ2n) is 6.79. The number of carbonyl (C=O) groups excluding carboxylic acids is 1. The van der Waals surface area contributed by atoms with Gasteiger partial charge in [-0.25, -0.2) is 13.1 Å². The molecule has 2 fully saturated rings. The summed E-state index contributed by atoms with van der Waals surface area (Å²) in [4.78, 5) is 12.3. The van der Waals surface area contributed by atoms with Gasteiger partial charge in [-0.1, -0.05) is 12.8 Å². The van der Waals surface area contributed by atoms with E-state index < -0.39 is 10.0 Å². The number of nitrogens with one attached hydrogen (secondary N) is 2. The summed E-state index contributed by atoms with van der Waals surface area (Å²) in [6, 6.07) is 3.45. The fourth-order valence-electron chi connectivity index (χ4n) is 3.41. The lowest BCUT2D eigenvalue weighted by Gasteiger charge is -2.29. The molecular weight excluding hydrogens is 316 g/mol. The molecule has 0 saturated heterocycles. The van der Waals surface area contributed by atoms with Gasteiger partial charge >= 0.3 is 0 Å². The van der Waals surface area contributed by atoms with E-state index in [0.717, 1.165) is 30.9 Å². The molecule has 0 unspecified atom stereocenters. The first-order valence-corrected chi connectivity index (χ1v) is 10.1. The zero-order valence-corrected chi connectivity index (χ0v) is 14.2. The molecule has 0 spiro atoms. The summed E-state index contributed by atoms with van der Waals surface area (Å²) in [5, 5.41) is 3.06. The van der Waals surface area contributed by atoms with Gasteiger partial charge in [0.05, 0.1) is 12.8 Å². The molecule has 128 valence electrons. The molecule has 2 atom stereocenters. The maximum absolute atomic E-state index is 12.3. The molecule has 2 N–H and O–H groups in total. The number of rotatable bonds is 6. The fraction of sp³-hybridized carbons (Fsp3) is 0.688. The van der Waals surface area contributed by atoms with Gasteiger partial charge in [-0.05, 0) is 49.7 Å². The normalized spacial score (nSPS) is 25.3. The number of amides is 1. The van der Waals surface area contributed by atoms with E-state index in [1.165, 1.54) is 25.7 Å². The minimum atomic E-state index is -3.27. The molecule has 6 nitrogen and oxygen atoms in total. The van der Waals surface area contributed by atoms with Crippen molar-refractivity contribution in [1.29, 1.82) is 0 Å². The van der Waals surface area contributed by atoms with Crippen LogP contribution in [0.3, 0.4) is 0 Å². The first-order valence-electron chi connectivity index (χ1n) is 8.25. The molecule has 23 heavy (non-hydrogen) atoms. The third-order valence-corrected chi connectivity index (χ3v) is 5.40. The SMILES string of the molecule is CS(=O)(=O)NCc1ccc(C(=O)N[C@@H]2CCC[C@H](C3CC3)C2)o1. The van der Waals surface area contributed by atoms with Crippen LogP contribution in [0.5, 0.6) is 0 Å². The van der Waals surface area contributed by atoms with Crippen LogP contribution in [-0.4, -0.2) is 26.6 Å². The second kappa shape index (κ2) is 6.65. The number of hydrogen-bond donors (Lipinski definition) is 2. The molecule has 2 aliphatic rings. The fourth-order valence-corrected chi connectivity index (χ4v) is 3.81. The first kappa shape index (κ1) is 16.5. The zero-order chi connectivity index (χ0) is 16.4. The third-order valence-electron chi connectivity index (χ3n) is 4.73. The topological polar surface area (TPSA) is 88.4 Å². The Balaban J connectivity index is 1.52. The van der Waals surface area contributed by atoms with E-state index in [2.05, 4.69) is 10.0 Å². The molecule has 1 aromatic rings. The van der Waals surface area contributed by atoms with E-state index in [-0.39, 0.29) is 24.3 Å². The van der Waals surface area contributed by atoms with E-state index in [9.17, 15) is 13.2 Å². The molecule has 1 heterocycles. The van der Waals surface area contributed by atoms with Crippen LogP contribution in [0.4, 0.5) is 0 Å². The van der Waals surface area contributed by atoms with Gasteiger partial charge in [0.15, 0.2) is 5.76 Å². The lowest BCUT2D eigenvalue weighted by molar-refractivity contribution is 0.0887. The minimum absolute atomic E-state index is 0.0549. The van der Waals surface area contributed by atoms with Crippen molar-refractivity contribution >= 4 is 15.9 Å². The molecular formula is C16H24N2O4S. The summed E-state index contributed by atoms with van der Waals surface area (Å²) in [6.07, 6.45) is 8.34. The van der Waals surface area contributed by atoms with E-state index in [0.29, 0.717) is 5.76 Å². The lowest BCUT2D eigenvalue weighted by Crippen LogP contribution is -2.38. The van der Waals surface area contributed by atoms with E-state index in [1.807, 2.05) is 0 Å². The van der Waals surface area contributed by atoms with Crippen LogP contribution in [0.25, 0.3) is 0 Å². The Hall–Kier alpha value is -1.34. The Kier molecular flexibility index (Phi) is 4.77. The van der Waals surface area contributed by atoms with Gasteiger partial charge in [0.25, 0.3) is 5.91 Å². The maximum Gasteiger partial charge on any atom is 0.287 e. The average molecular weight is 340 g/mol. The van der Waals surface area contributed by atoms with Crippen LogP contribution in [-0.2, 0) is 16.6 Å². The molecule has 2 aliphatic carbocycles. The van der Waals surface area contributed by atoms with Crippen LogP contribution in [0, 0.1) is 11.8 Å². The summed E-state index contributed by atoms with van der Waals surface area (Å²) in [5.41, 5.74) is 0. The summed E-state index contributed by atoms with van der Waals surface area (Å²) in [5.74, 6) is 2.10. The molecule has 3 rings (SSSR count). The number of carbonyl (C=O) groups is 1. The number of furan rings is 1. The molecule has 0 aliphatic heterocycles. The predicted octanol–water partition coefficient (Wildman–Crippen LogP) is 2.03. The van der Waals surface area contributed by atoms with Crippen LogP contribution < -0.4 is 10.0 Å². The van der Waals surface area contributed by atoms with Crippen molar-refractivity contribution in [2.75, 3.05) is 6.26 Å². The molecule has 1 amide bonds. The van der Waals surface area contributed by atoms with Gasteiger partial charge in [0, 0.05) is 6.04 Å². The molecule has 0 bridgehead atoms.